The van der Waals surface area contributed by atoms with Gasteiger partial charge in [-0.1, -0.05) is 35.0 Å². The Morgan fingerprint density at radius 2 is 1.79 bits per heavy atom. The Morgan fingerprint density at radius 1 is 1.11 bits per heavy atom. The molecule has 0 saturated carbocycles. The molecule has 1 unspecified atom stereocenters. The molecule has 1 heterocycles. The van der Waals surface area contributed by atoms with Gasteiger partial charge in [0.15, 0.2) is 6.10 Å². The van der Waals surface area contributed by atoms with Crippen molar-refractivity contribution in [2.75, 3.05) is 0 Å². The summed E-state index contributed by atoms with van der Waals surface area (Å²) in [7, 11) is 0. The average Bonchev–Trinajstić information content (AvgIpc) is 3.15. The summed E-state index contributed by atoms with van der Waals surface area (Å²) in [6.07, 6.45) is -0.636. The van der Waals surface area contributed by atoms with Crippen molar-refractivity contribution in [3.63, 3.8) is 0 Å². The second-order valence-corrected chi connectivity index (χ2v) is 7.09. The Kier molecular flexibility index (Phi) is 6.31. The van der Waals surface area contributed by atoms with Crippen LogP contribution in [0.15, 0.2) is 59.1 Å². The third-order valence-electron chi connectivity index (χ3n) is 4.19. The lowest BCUT2D eigenvalue weighted by atomic mass is 10.2. The maximum absolute atomic E-state index is 12.9. The monoisotopic (exact) mass is 399 g/mol. The van der Waals surface area contributed by atoms with Gasteiger partial charge >= 0.3 is 0 Å². The van der Waals surface area contributed by atoms with E-state index >= 15 is 0 Å². The number of amides is 1. The van der Waals surface area contributed by atoms with Gasteiger partial charge in [0.2, 0.25) is 11.7 Å². The molecule has 0 saturated heterocycles. The van der Waals surface area contributed by atoms with E-state index in [1.165, 1.54) is 0 Å². The molecule has 0 aliphatic heterocycles. The van der Waals surface area contributed by atoms with E-state index in [9.17, 15) is 4.79 Å². The number of halogens is 1. The molecule has 146 valence electrons. The summed E-state index contributed by atoms with van der Waals surface area (Å²) >= 11 is 5.91. The minimum absolute atomic E-state index is 0.0554. The number of hydrogen-bond donors (Lipinski definition) is 0. The lowest BCUT2D eigenvalue weighted by Crippen LogP contribution is -2.43. The number of ether oxygens (including phenoxy) is 1. The van der Waals surface area contributed by atoms with Crippen LogP contribution in [0.25, 0.3) is 11.4 Å². The zero-order valence-electron chi connectivity index (χ0n) is 16.0. The molecular formula is C21H22ClN3O3. The molecule has 6 nitrogen and oxygen atoms in total. The SMILES string of the molecule is CC(Oc1ccccc1)C(=O)N(Cc1nc(-c2ccc(Cl)cc2)no1)C(C)C. The van der Waals surface area contributed by atoms with Crippen molar-refractivity contribution < 1.29 is 14.1 Å². The summed E-state index contributed by atoms with van der Waals surface area (Å²) in [5, 5.41) is 4.64. The highest BCUT2D eigenvalue weighted by molar-refractivity contribution is 6.30. The fourth-order valence-corrected chi connectivity index (χ4v) is 2.81. The van der Waals surface area contributed by atoms with Gasteiger partial charge in [0.1, 0.15) is 12.3 Å². The van der Waals surface area contributed by atoms with Crippen LogP contribution >= 0.6 is 11.6 Å². The maximum Gasteiger partial charge on any atom is 0.264 e. The van der Waals surface area contributed by atoms with E-state index in [0.29, 0.717) is 22.5 Å². The summed E-state index contributed by atoms with van der Waals surface area (Å²) < 4.78 is 11.1. The van der Waals surface area contributed by atoms with E-state index in [-0.39, 0.29) is 18.5 Å². The highest BCUT2D eigenvalue weighted by Crippen LogP contribution is 2.20. The Bertz CT molecular complexity index is 910. The first-order valence-electron chi connectivity index (χ1n) is 9.04. The van der Waals surface area contributed by atoms with Gasteiger partial charge in [-0.3, -0.25) is 4.79 Å². The molecule has 2 aromatic carbocycles. The van der Waals surface area contributed by atoms with Gasteiger partial charge in [0, 0.05) is 16.6 Å². The van der Waals surface area contributed by atoms with E-state index in [2.05, 4.69) is 10.1 Å². The topological polar surface area (TPSA) is 68.5 Å². The van der Waals surface area contributed by atoms with Crippen molar-refractivity contribution in [1.29, 1.82) is 0 Å². The third kappa shape index (κ3) is 4.89. The number of benzene rings is 2. The van der Waals surface area contributed by atoms with E-state index < -0.39 is 6.10 Å². The molecule has 0 fully saturated rings. The molecule has 0 aliphatic rings. The lowest BCUT2D eigenvalue weighted by Gasteiger charge is -2.28. The van der Waals surface area contributed by atoms with Gasteiger partial charge in [0.25, 0.3) is 5.91 Å². The highest BCUT2D eigenvalue weighted by Gasteiger charge is 2.26. The van der Waals surface area contributed by atoms with Crippen LogP contribution in [0.2, 0.25) is 5.02 Å². The quantitative estimate of drug-likeness (QED) is 0.581. The molecular weight excluding hydrogens is 378 g/mol. The van der Waals surface area contributed by atoms with Crippen LogP contribution in [0, 0.1) is 0 Å². The fraction of sp³-hybridized carbons (Fsp3) is 0.286. The molecule has 3 aromatic rings. The summed E-state index contributed by atoms with van der Waals surface area (Å²) in [4.78, 5) is 19.0. The van der Waals surface area contributed by atoms with E-state index in [1.807, 2.05) is 56.3 Å². The van der Waals surface area contributed by atoms with E-state index in [0.717, 1.165) is 5.56 Å². The van der Waals surface area contributed by atoms with Crippen LogP contribution in [-0.2, 0) is 11.3 Å². The molecule has 0 spiro atoms. The van der Waals surface area contributed by atoms with Gasteiger partial charge in [-0.2, -0.15) is 4.98 Å². The van der Waals surface area contributed by atoms with Crippen molar-refractivity contribution in [3.05, 3.63) is 65.5 Å². The van der Waals surface area contributed by atoms with Crippen molar-refractivity contribution >= 4 is 17.5 Å². The Labute approximate surface area is 169 Å². The molecule has 0 radical (unpaired) electrons. The molecule has 7 heteroatoms. The second kappa shape index (κ2) is 8.89. The molecule has 1 atom stereocenters. The number of aromatic nitrogens is 2. The predicted molar refractivity (Wildman–Crippen MR) is 107 cm³/mol. The number of carbonyl (C=O) groups is 1. The minimum atomic E-state index is -0.636. The molecule has 0 aliphatic carbocycles. The first-order chi connectivity index (χ1) is 13.4. The predicted octanol–water partition coefficient (Wildman–Crippen LogP) is 4.59. The highest BCUT2D eigenvalue weighted by atomic mass is 35.5. The molecule has 0 N–H and O–H groups in total. The molecule has 0 bridgehead atoms. The summed E-state index contributed by atoms with van der Waals surface area (Å²) in [5.74, 6) is 1.32. The Balaban J connectivity index is 1.70. The zero-order valence-corrected chi connectivity index (χ0v) is 16.8. The van der Waals surface area contributed by atoms with Crippen LogP contribution in [0.5, 0.6) is 5.75 Å². The Hall–Kier alpha value is -2.86. The van der Waals surface area contributed by atoms with Gasteiger partial charge in [-0.05, 0) is 57.2 Å². The average molecular weight is 400 g/mol. The van der Waals surface area contributed by atoms with E-state index in [4.69, 9.17) is 20.9 Å². The summed E-state index contributed by atoms with van der Waals surface area (Å²) in [6.45, 7) is 5.81. The smallest absolute Gasteiger partial charge is 0.264 e. The number of carbonyl (C=O) groups excluding carboxylic acids is 1. The zero-order chi connectivity index (χ0) is 20.1. The molecule has 1 amide bonds. The molecule has 1 aromatic heterocycles. The Morgan fingerprint density at radius 3 is 2.43 bits per heavy atom. The largest absolute Gasteiger partial charge is 0.481 e. The van der Waals surface area contributed by atoms with Crippen molar-refractivity contribution in [3.8, 4) is 17.1 Å². The number of para-hydroxylation sites is 1. The van der Waals surface area contributed by atoms with Crippen LogP contribution in [0.1, 0.15) is 26.7 Å². The third-order valence-corrected chi connectivity index (χ3v) is 4.44. The van der Waals surface area contributed by atoms with E-state index in [1.54, 1.807) is 24.0 Å². The van der Waals surface area contributed by atoms with Crippen LogP contribution in [0.3, 0.4) is 0 Å². The van der Waals surface area contributed by atoms with Crippen LogP contribution in [-0.4, -0.2) is 33.1 Å². The second-order valence-electron chi connectivity index (χ2n) is 6.65. The van der Waals surface area contributed by atoms with Gasteiger partial charge < -0.3 is 14.2 Å². The standard InChI is InChI=1S/C21H22ClN3O3/c1-14(2)25(21(26)15(3)27-18-7-5-4-6-8-18)13-19-23-20(24-28-19)16-9-11-17(22)12-10-16/h4-12,14-15H,13H2,1-3H3. The summed E-state index contributed by atoms with van der Waals surface area (Å²) in [5.41, 5.74) is 0.794. The first kappa shape index (κ1) is 19.9. The van der Waals surface area contributed by atoms with Crippen molar-refractivity contribution in [2.24, 2.45) is 0 Å². The van der Waals surface area contributed by atoms with Crippen LogP contribution in [0.4, 0.5) is 0 Å². The molecule has 28 heavy (non-hydrogen) atoms. The van der Waals surface area contributed by atoms with Crippen molar-refractivity contribution in [1.82, 2.24) is 15.0 Å². The summed E-state index contributed by atoms with van der Waals surface area (Å²) in [6, 6.07) is 16.4. The van der Waals surface area contributed by atoms with Crippen molar-refractivity contribution in [2.45, 2.75) is 39.5 Å². The normalized spacial score (nSPS) is 12.0. The van der Waals surface area contributed by atoms with Gasteiger partial charge in [-0.15, -0.1) is 0 Å². The lowest BCUT2D eigenvalue weighted by molar-refractivity contribution is -0.140. The molecule has 3 rings (SSSR count). The maximum atomic E-state index is 12.9. The number of nitrogens with zero attached hydrogens (tertiary/aromatic N) is 3. The van der Waals surface area contributed by atoms with Crippen LogP contribution < -0.4 is 4.74 Å². The fourth-order valence-electron chi connectivity index (χ4n) is 2.68. The minimum Gasteiger partial charge on any atom is -0.481 e. The van der Waals surface area contributed by atoms with Gasteiger partial charge in [-0.25, -0.2) is 0 Å². The number of rotatable bonds is 7. The van der Waals surface area contributed by atoms with Gasteiger partial charge in [0.05, 0.1) is 0 Å². The first-order valence-corrected chi connectivity index (χ1v) is 9.42. The number of hydrogen-bond acceptors (Lipinski definition) is 5.